The summed E-state index contributed by atoms with van der Waals surface area (Å²) in [5, 5.41) is 11.3. The Labute approximate surface area is 164 Å². The van der Waals surface area contributed by atoms with E-state index in [1.54, 1.807) is 18.2 Å². The molecule has 0 aromatic heterocycles. The van der Waals surface area contributed by atoms with Crippen LogP contribution in [0.25, 0.3) is 0 Å². The van der Waals surface area contributed by atoms with Gasteiger partial charge < -0.3 is 15.2 Å². The highest BCUT2D eigenvalue weighted by molar-refractivity contribution is 5.67. The van der Waals surface area contributed by atoms with Gasteiger partial charge in [0.05, 0.1) is 6.42 Å². The molecule has 0 fully saturated rings. The molecular weight excluding hydrogens is 371 g/mol. The van der Waals surface area contributed by atoms with Crippen molar-refractivity contribution < 1.29 is 27.9 Å². The maximum atomic E-state index is 13.3. The Morgan fingerprint density at radius 2 is 1.75 bits per heavy atom. The molecule has 1 atom stereocenters. The lowest BCUT2D eigenvalue weighted by molar-refractivity contribution is -0.137. The predicted octanol–water partition coefficient (Wildman–Crippen LogP) is 4.61. The van der Waals surface area contributed by atoms with E-state index in [1.807, 2.05) is 13.8 Å². The van der Waals surface area contributed by atoms with Crippen molar-refractivity contribution >= 4 is 12.3 Å². The van der Waals surface area contributed by atoms with Crippen molar-refractivity contribution in [3.8, 4) is 0 Å². The number of carbonyl (C=O) groups excluding carboxylic acids is 1. The summed E-state index contributed by atoms with van der Waals surface area (Å²) in [6, 6.07) is 0.668. The van der Waals surface area contributed by atoms with Crippen molar-refractivity contribution in [2.24, 2.45) is 0 Å². The lowest BCUT2D eigenvalue weighted by Crippen LogP contribution is -2.30. The Morgan fingerprint density at radius 3 is 2.18 bits per heavy atom. The van der Waals surface area contributed by atoms with Gasteiger partial charge in [-0.2, -0.15) is 0 Å². The Balaban J connectivity index is 0. The lowest BCUT2D eigenvalue weighted by atomic mass is 10.0. The fraction of sp³-hybridized carbons (Fsp3) is 0.333. The molecule has 0 bridgehead atoms. The quantitative estimate of drug-likeness (QED) is 0.362. The molecule has 156 valence electrons. The number of hydrogen-bond donors (Lipinski definition) is 2. The zero-order valence-corrected chi connectivity index (χ0v) is 16.5. The van der Waals surface area contributed by atoms with Crippen molar-refractivity contribution in [2.75, 3.05) is 7.05 Å². The number of aliphatic carboxylic acids is 1. The summed E-state index contributed by atoms with van der Waals surface area (Å²) in [5.41, 5.74) is 0.851. The Hall–Kier alpha value is -2.67. The monoisotopic (exact) mass is 399 g/mol. The number of hydrogen-bond acceptors (Lipinski definition) is 3. The van der Waals surface area contributed by atoms with Crippen LogP contribution < -0.4 is 5.32 Å². The zero-order valence-electron chi connectivity index (χ0n) is 16.5. The number of aldehydes is 1. The number of benzene rings is 1. The Bertz CT molecular complexity index is 673. The van der Waals surface area contributed by atoms with Gasteiger partial charge >= 0.3 is 5.97 Å². The first-order valence-corrected chi connectivity index (χ1v) is 8.69. The van der Waals surface area contributed by atoms with E-state index in [0.29, 0.717) is 12.5 Å². The highest BCUT2D eigenvalue weighted by atomic mass is 19.2. The van der Waals surface area contributed by atoms with Gasteiger partial charge in [0.15, 0.2) is 11.6 Å². The third-order valence-electron chi connectivity index (χ3n) is 3.30. The Kier molecular flexibility index (Phi) is 16.2. The SMILES string of the molecule is C=C/C=C(\C=C)CC=O.CC.CNC(CC(=O)O)Cc1cc(F)c(F)cc1F. The molecule has 4 nitrogen and oxygen atoms in total. The molecule has 0 spiro atoms. The second-order valence-corrected chi connectivity index (χ2v) is 5.20. The van der Waals surface area contributed by atoms with Gasteiger partial charge in [0.25, 0.3) is 0 Å². The summed E-state index contributed by atoms with van der Waals surface area (Å²) in [6.45, 7) is 11.0. The zero-order chi connectivity index (χ0) is 22.1. The number of likely N-dealkylation sites (N-methyl/N-ethyl adjacent to an activating group) is 1. The topological polar surface area (TPSA) is 66.4 Å². The van der Waals surface area contributed by atoms with Crippen LogP contribution in [0.4, 0.5) is 13.2 Å². The maximum absolute atomic E-state index is 13.3. The number of halogens is 3. The second-order valence-electron chi connectivity index (χ2n) is 5.20. The van der Waals surface area contributed by atoms with E-state index >= 15 is 0 Å². The molecule has 2 N–H and O–H groups in total. The third kappa shape index (κ3) is 11.9. The highest BCUT2D eigenvalue weighted by Crippen LogP contribution is 2.16. The van der Waals surface area contributed by atoms with Crippen molar-refractivity contribution in [1.29, 1.82) is 0 Å². The van der Waals surface area contributed by atoms with Gasteiger partial charge in [0, 0.05) is 18.5 Å². The van der Waals surface area contributed by atoms with Crippen LogP contribution in [0.15, 0.2) is 49.1 Å². The average Bonchev–Trinajstić information content (AvgIpc) is 2.67. The highest BCUT2D eigenvalue weighted by Gasteiger charge is 2.16. The molecule has 1 aromatic rings. The van der Waals surface area contributed by atoms with Crippen molar-refractivity contribution in [2.45, 2.75) is 39.2 Å². The molecule has 0 aliphatic rings. The molecule has 1 unspecified atom stereocenters. The first-order chi connectivity index (χ1) is 13.3. The standard InChI is InChI=1S/C11H12F3NO2.C8H10O.C2H6/c1-15-7(4-11(16)17)2-6-3-9(13)10(14)5-8(6)12;1-3-5-8(4-2)6-7-9;1-2/h3,5,7,15H,2,4H2,1H3,(H,16,17);3-5,7H,1-2,6H2;1-2H3/b;8-5+;. The number of rotatable bonds is 9. The molecule has 28 heavy (non-hydrogen) atoms. The number of carboxylic acid groups (broad SMARTS) is 1. The van der Waals surface area contributed by atoms with Crippen LogP contribution in [0.5, 0.6) is 0 Å². The number of allylic oxidation sites excluding steroid dienone is 4. The van der Waals surface area contributed by atoms with Crippen LogP contribution in [0.3, 0.4) is 0 Å². The van der Waals surface area contributed by atoms with E-state index in [1.165, 1.54) is 7.05 Å². The fourth-order valence-electron chi connectivity index (χ4n) is 1.94. The van der Waals surface area contributed by atoms with Gasteiger partial charge in [-0.3, -0.25) is 4.79 Å². The summed E-state index contributed by atoms with van der Waals surface area (Å²) >= 11 is 0. The minimum atomic E-state index is -1.26. The van der Waals surface area contributed by atoms with Crippen LogP contribution in [-0.2, 0) is 16.0 Å². The average molecular weight is 399 g/mol. The molecule has 0 aliphatic heterocycles. The molecule has 0 radical (unpaired) electrons. The molecule has 0 amide bonds. The molecular formula is C21H28F3NO3. The summed E-state index contributed by atoms with van der Waals surface area (Å²) in [5.74, 6) is -4.33. The molecule has 0 saturated carbocycles. The summed E-state index contributed by atoms with van der Waals surface area (Å²) in [4.78, 5) is 20.4. The molecule has 7 heteroatoms. The largest absolute Gasteiger partial charge is 0.481 e. The van der Waals surface area contributed by atoms with Crippen LogP contribution in [0, 0.1) is 17.5 Å². The van der Waals surface area contributed by atoms with E-state index < -0.39 is 29.5 Å². The predicted molar refractivity (Wildman–Crippen MR) is 106 cm³/mol. The van der Waals surface area contributed by atoms with Gasteiger partial charge in [0.1, 0.15) is 12.1 Å². The van der Waals surface area contributed by atoms with E-state index in [9.17, 15) is 22.8 Å². The Morgan fingerprint density at radius 1 is 1.18 bits per heavy atom. The van der Waals surface area contributed by atoms with Crippen molar-refractivity contribution in [3.63, 3.8) is 0 Å². The minimum Gasteiger partial charge on any atom is -0.481 e. The van der Waals surface area contributed by atoms with Gasteiger partial charge in [-0.05, 0) is 30.7 Å². The van der Waals surface area contributed by atoms with Crippen molar-refractivity contribution in [3.05, 3.63) is 72.1 Å². The van der Waals surface area contributed by atoms with Gasteiger partial charge in [-0.25, -0.2) is 13.2 Å². The lowest BCUT2D eigenvalue weighted by Gasteiger charge is -2.14. The van der Waals surface area contributed by atoms with Crippen LogP contribution in [0.2, 0.25) is 0 Å². The summed E-state index contributed by atoms with van der Waals surface area (Å²) < 4.78 is 38.8. The number of carboxylic acids is 1. The first-order valence-electron chi connectivity index (χ1n) is 8.69. The minimum absolute atomic E-state index is 0.0220. The van der Waals surface area contributed by atoms with E-state index in [4.69, 9.17) is 5.11 Å². The normalized spacial score (nSPS) is 11.1. The smallest absolute Gasteiger partial charge is 0.304 e. The number of nitrogens with one attached hydrogen (secondary N) is 1. The fourth-order valence-corrected chi connectivity index (χ4v) is 1.94. The molecule has 1 rings (SSSR count). The third-order valence-corrected chi connectivity index (χ3v) is 3.30. The maximum Gasteiger partial charge on any atom is 0.304 e. The summed E-state index contributed by atoms with van der Waals surface area (Å²) in [6.07, 6.45) is 6.07. The molecule has 1 aromatic carbocycles. The van der Waals surface area contributed by atoms with E-state index in [-0.39, 0.29) is 18.4 Å². The molecule has 0 saturated heterocycles. The molecule has 0 aliphatic carbocycles. The van der Waals surface area contributed by atoms with Gasteiger partial charge in [-0.15, -0.1) is 0 Å². The molecule has 0 heterocycles. The second kappa shape index (κ2) is 16.5. The van der Waals surface area contributed by atoms with Gasteiger partial charge in [0.2, 0.25) is 0 Å². The van der Waals surface area contributed by atoms with E-state index in [2.05, 4.69) is 18.5 Å². The van der Waals surface area contributed by atoms with Gasteiger partial charge in [-0.1, -0.05) is 45.2 Å². The van der Waals surface area contributed by atoms with E-state index in [0.717, 1.165) is 17.9 Å². The first kappa shape index (κ1) is 27.5. The van der Waals surface area contributed by atoms with Crippen LogP contribution >= 0.6 is 0 Å². The number of carbonyl (C=O) groups is 2. The van der Waals surface area contributed by atoms with Crippen LogP contribution in [0.1, 0.15) is 32.3 Å². The van der Waals surface area contributed by atoms with Crippen LogP contribution in [-0.4, -0.2) is 30.5 Å². The summed E-state index contributed by atoms with van der Waals surface area (Å²) in [7, 11) is 1.52. The van der Waals surface area contributed by atoms with Crippen molar-refractivity contribution in [1.82, 2.24) is 5.32 Å².